The number of pyridine rings is 1. The molecular weight excluding hydrogens is 234 g/mol. The molecule has 0 saturated heterocycles. The minimum atomic E-state index is -5.07. The minimum Gasteiger partial charge on any atom is -0.400 e. The Bertz CT molecular complexity index is 426. The average Bonchev–Trinajstić information content (AvgIpc) is 2.19. The molecule has 0 spiro atoms. The molecule has 90 valence electrons. The lowest BCUT2D eigenvalue weighted by atomic mass is 10.3. The van der Waals surface area contributed by atoms with Crippen LogP contribution < -0.4 is 10.2 Å². The summed E-state index contributed by atoms with van der Waals surface area (Å²) < 4.78 is 51.4. The van der Waals surface area contributed by atoms with Gasteiger partial charge >= 0.3 is 6.36 Å². The highest BCUT2D eigenvalue weighted by Crippen LogP contribution is 2.22. The first-order valence-electron chi connectivity index (χ1n) is 4.05. The van der Waals surface area contributed by atoms with E-state index in [-0.39, 0.29) is 5.69 Å². The predicted octanol–water partition coefficient (Wildman–Crippen LogP) is 1.24. The fourth-order valence-electron chi connectivity index (χ4n) is 1.07. The first-order chi connectivity index (χ1) is 7.37. The van der Waals surface area contributed by atoms with Gasteiger partial charge in [-0.1, -0.05) is 0 Å². The molecule has 0 unspecified atom stereocenters. The molecule has 0 aliphatic rings. The van der Waals surface area contributed by atoms with Gasteiger partial charge < -0.3 is 14.8 Å². The summed E-state index contributed by atoms with van der Waals surface area (Å²) in [5, 5.41) is 8.65. The summed E-state index contributed by atoms with van der Waals surface area (Å²) in [7, 11) is 0. The second kappa shape index (κ2) is 4.52. The number of rotatable bonds is 3. The van der Waals surface area contributed by atoms with Crippen molar-refractivity contribution in [1.29, 1.82) is 0 Å². The van der Waals surface area contributed by atoms with E-state index >= 15 is 0 Å². The van der Waals surface area contributed by atoms with Gasteiger partial charge in [-0.05, 0) is 0 Å². The second-order valence-electron chi connectivity index (χ2n) is 2.81. The van der Waals surface area contributed by atoms with Crippen LogP contribution in [0.25, 0.3) is 0 Å². The molecule has 0 aliphatic heterocycles. The van der Waals surface area contributed by atoms with Gasteiger partial charge in [0.05, 0.1) is 12.3 Å². The quantitative estimate of drug-likeness (QED) is 0.782. The largest absolute Gasteiger partial charge is 0.573 e. The Labute approximate surface area is 86.5 Å². The summed E-state index contributed by atoms with van der Waals surface area (Å²) in [6, 6.07) is 0.709. The van der Waals surface area contributed by atoms with Crippen LogP contribution in [0.5, 0.6) is 5.75 Å². The van der Waals surface area contributed by atoms with E-state index in [1.807, 2.05) is 0 Å². The van der Waals surface area contributed by atoms with E-state index in [1.54, 1.807) is 0 Å². The van der Waals surface area contributed by atoms with Crippen molar-refractivity contribution in [3.05, 3.63) is 27.7 Å². The summed E-state index contributed by atoms with van der Waals surface area (Å²) in [6.07, 6.45) is -5.07. The van der Waals surface area contributed by atoms with Crippen molar-refractivity contribution in [1.82, 2.24) is 4.98 Å². The first-order valence-corrected chi connectivity index (χ1v) is 4.05. The SMILES string of the molecule is O=c1cc(CO)[nH]c(CF)c1OC(F)(F)F. The lowest BCUT2D eigenvalue weighted by Crippen LogP contribution is -2.23. The van der Waals surface area contributed by atoms with Gasteiger partial charge in [0, 0.05) is 11.8 Å². The fourth-order valence-corrected chi connectivity index (χ4v) is 1.07. The number of alkyl halides is 4. The maximum Gasteiger partial charge on any atom is 0.573 e. The zero-order chi connectivity index (χ0) is 12.3. The van der Waals surface area contributed by atoms with E-state index in [9.17, 15) is 22.4 Å². The van der Waals surface area contributed by atoms with Crippen LogP contribution in [0.3, 0.4) is 0 Å². The van der Waals surface area contributed by atoms with Crippen LogP contribution in [0.1, 0.15) is 11.4 Å². The molecule has 4 nitrogen and oxygen atoms in total. The smallest absolute Gasteiger partial charge is 0.400 e. The molecule has 8 heteroatoms. The number of aromatic nitrogens is 1. The Morgan fingerprint density at radius 1 is 1.44 bits per heavy atom. The molecule has 1 heterocycles. The summed E-state index contributed by atoms with van der Waals surface area (Å²) >= 11 is 0. The third kappa shape index (κ3) is 2.96. The molecule has 0 bridgehead atoms. The number of ether oxygens (including phenoxy) is 1. The minimum absolute atomic E-state index is 0.0906. The van der Waals surface area contributed by atoms with Gasteiger partial charge in [-0.15, -0.1) is 13.2 Å². The molecule has 0 atom stereocenters. The second-order valence-corrected chi connectivity index (χ2v) is 2.81. The monoisotopic (exact) mass is 241 g/mol. The number of hydrogen-bond donors (Lipinski definition) is 2. The zero-order valence-corrected chi connectivity index (χ0v) is 7.77. The zero-order valence-electron chi connectivity index (χ0n) is 7.77. The standard InChI is InChI=1S/C8H7F4NO3/c9-2-5-7(16-8(10,11)12)6(15)1-4(3-14)13-5/h1,14H,2-3H2,(H,13,15). The molecule has 0 amide bonds. The Balaban J connectivity index is 3.22. The number of nitrogens with one attached hydrogen (secondary N) is 1. The molecule has 0 saturated carbocycles. The Morgan fingerprint density at radius 2 is 2.06 bits per heavy atom. The molecular formula is C8H7F4NO3. The molecule has 0 aliphatic carbocycles. The fraction of sp³-hybridized carbons (Fsp3) is 0.375. The van der Waals surface area contributed by atoms with Crippen molar-refractivity contribution in [3.63, 3.8) is 0 Å². The van der Waals surface area contributed by atoms with Gasteiger partial charge in [-0.25, -0.2) is 4.39 Å². The number of aliphatic hydroxyl groups is 1. The molecule has 1 aromatic heterocycles. The topological polar surface area (TPSA) is 62.3 Å². The van der Waals surface area contributed by atoms with Gasteiger partial charge in [0.15, 0.2) is 5.75 Å². The van der Waals surface area contributed by atoms with Gasteiger partial charge in [0.2, 0.25) is 5.43 Å². The van der Waals surface area contributed by atoms with Crippen LogP contribution >= 0.6 is 0 Å². The number of aromatic amines is 1. The van der Waals surface area contributed by atoms with E-state index in [2.05, 4.69) is 9.72 Å². The van der Waals surface area contributed by atoms with Crippen LogP contribution in [0.2, 0.25) is 0 Å². The van der Waals surface area contributed by atoms with Crippen molar-refractivity contribution in [2.75, 3.05) is 0 Å². The number of H-pyrrole nitrogens is 1. The average molecular weight is 241 g/mol. The van der Waals surface area contributed by atoms with E-state index in [1.165, 1.54) is 0 Å². The van der Waals surface area contributed by atoms with Crippen LogP contribution in [0, 0.1) is 0 Å². The molecule has 0 radical (unpaired) electrons. The molecule has 2 N–H and O–H groups in total. The third-order valence-corrected chi connectivity index (χ3v) is 1.64. The molecule has 16 heavy (non-hydrogen) atoms. The molecule has 0 aromatic carbocycles. The number of halogens is 4. The Kier molecular flexibility index (Phi) is 3.53. The normalized spacial score (nSPS) is 11.6. The molecule has 1 aromatic rings. The Hall–Kier alpha value is -1.57. The molecule has 1 rings (SSSR count). The van der Waals surface area contributed by atoms with Crippen LogP contribution in [-0.4, -0.2) is 16.5 Å². The van der Waals surface area contributed by atoms with Crippen molar-refractivity contribution in [3.8, 4) is 5.75 Å². The maximum atomic E-state index is 12.4. The lowest BCUT2D eigenvalue weighted by Gasteiger charge is -2.11. The van der Waals surface area contributed by atoms with Gasteiger partial charge in [0.25, 0.3) is 0 Å². The maximum absolute atomic E-state index is 12.4. The summed E-state index contributed by atoms with van der Waals surface area (Å²) in [4.78, 5) is 13.3. The molecule has 0 fully saturated rings. The van der Waals surface area contributed by atoms with Crippen molar-refractivity contribution >= 4 is 0 Å². The summed E-state index contributed by atoms with van der Waals surface area (Å²) in [5.41, 5.74) is -1.89. The van der Waals surface area contributed by atoms with Crippen molar-refractivity contribution < 1.29 is 27.4 Å². The van der Waals surface area contributed by atoms with Crippen LogP contribution in [-0.2, 0) is 13.3 Å². The van der Waals surface area contributed by atoms with Gasteiger partial charge in [0.1, 0.15) is 6.67 Å². The summed E-state index contributed by atoms with van der Waals surface area (Å²) in [5.74, 6) is -1.15. The highest BCUT2D eigenvalue weighted by Gasteiger charge is 2.33. The van der Waals surface area contributed by atoms with Gasteiger partial charge in [-0.2, -0.15) is 0 Å². The first kappa shape index (κ1) is 12.5. The third-order valence-electron chi connectivity index (χ3n) is 1.64. The Morgan fingerprint density at radius 3 is 2.50 bits per heavy atom. The number of hydrogen-bond acceptors (Lipinski definition) is 3. The highest BCUT2D eigenvalue weighted by atomic mass is 19.4. The van der Waals surface area contributed by atoms with E-state index < -0.39 is 36.5 Å². The number of aliphatic hydroxyl groups excluding tert-OH is 1. The van der Waals surface area contributed by atoms with Crippen molar-refractivity contribution in [2.45, 2.75) is 19.6 Å². The highest BCUT2D eigenvalue weighted by molar-refractivity contribution is 5.29. The van der Waals surface area contributed by atoms with Crippen LogP contribution in [0.4, 0.5) is 17.6 Å². The van der Waals surface area contributed by atoms with Crippen LogP contribution in [0.15, 0.2) is 10.9 Å². The van der Waals surface area contributed by atoms with Crippen molar-refractivity contribution in [2.24, 2.45) is 0 Å². The predicted molar refractivity (Wildman–Crippen MR) is 44.5 cm³/mol. The van der Waals surface area contributed by atoms with E-state index in [0.717, 1.165) is 0 Å². The van der Waals surface area contributed by atoms with E-state index in [0.29, 0.717) is 6.07 Å². The van der Waals surface area contributed by atoms with E-state index in [4.69, 9.17) is 5.11 Å². The summed E-state index contributed by atoms with van der Waals surface area (Å²) in [6.45, 7) is -1.96. The lowest BCUT2D eigenvalue weighted by molar-refractivity contribution is -0.275. The van der Waals surface area contributed by atoms with Gasteiger partial charge in [-0.3, -0.25) is 4.79 Å².